The maximum Gasteiger partial charge on any atom is 0.254 e. The smallest absolute Gasteiger partial charge is 0.254 e. The van der Waals surface area contributed by atoms with Crippen LogP contribution < -0.4 is 10.6 Å². The Bertz CT molecular complexity index is 590. The van der Waals surface area contributed by atoms with E-state index in [1.54, 1.807) is 6.33 Å². The molecule has 2 aromatic heterocycles. The van der Waals surface area contributed by atoms with Crippen molar-refractivity contribution < 1.29 is 4.74 Å². The summed E-state index contributed by atoms with van der Waals surface area (Å²) in [6.45, 7) is 5.38. The first-order chi connectivity index (χ1) is 10.3. The number of rotatable bonds is 5. The van der Waals surface area contributed by atoms with E-state index in [0.29, 0.717) is 18.4 Å². The number of hydrogen-bond donors (Lipinski definition) is 1. The van der Waals surface area contributed by atoms with Gasteiger partial charge in [0.15, 0.2) is 0 Å². The number of aromatic nitrogens is 4. The van der Waals surface area contributed by atoms with Gasteiger partial charge in [-0.2, -0.15) is 14.6 Å². The summed E-state index contributed by atoms with van der Waals surface area (Å²) in [5.74, 6) is 1.72. The lowest BCUT2D eigenvalue weighted by Crippen LogP contribution is -2.38. The first kappa shape index (κ1) is 14.2. The highest BCUT2D eigenvalue weighted by Crippen LogP contribution is 2.22. The van der Waals surface area contributed by atoms with Gasteiger partial charge in [0.1, 0.15) is 12.1 Å². The molecule has 0 aromatic carbocycles. The second-order valence-electron chi connectivity index (χ2n) is 5.43. The van der Waals surface area contributed by atoms with Gasteiger partial charge in [-0.15, -0.1) is 0 Å². The van der Waals surface area contributed by atoms with Gasteiger partial charge in [0.05, 0.1) is 6.10 Å². The monoisotopic (exact) mass is 290 g/mol. The molecule has 1 aliphatic heterocycles. The summed E-state index contributed by atoms with van der Waals surface area (Å²) in [5.41, 5.74) is 6.45. The summed E-state index contributed by atoms with van der Waals surface area (Å²) in [7, 11) is 0. The normalized spacial score (nSPS) is 16.8. The van der Waals surface area contributed by atoms with E-state index in [-0.39, 0.29) is 0 Å². The van der Waals surface area contributed by atoms with Gasteiger partial charge in [0, 0.05) is 31.5 Å². The van der Waals surface area contributed by atoms with Gasteiger partial charge in [0.25, 0.3) is 5.78 Å². The Hall–Kier alpha value is -1.73. The van der Waals surface area contributed by atoms with Crippen LogP contribution in [0.4, 0.5) is 5.82 Å². The van der Waals surface area contributed by atoms with Crippen LogP contribution in [0, 0.1) is 6.92 Å². The Kier molecular flexibility index (Phi) is 4.31. The van der Waals surface area contributed by atoms with E-state index in [2.05, 4.69) is 26.0 Å². The molecule has 0 amide bonds. The van der Waals surface area contributed by atoms with Crippen LogP contribution in [0.15, 0.2) is 12.4 Å². The molecular weight excluding hydrogens is 268 g/mol. The van der Waals surface area contributed by atoms with Crippen molar-refractivity contribution in [2.75, 3.05) is 31.1 Å². The van der Waals surface area contributed by atoms with Crippen LogP contribution in [-0.2, 0) is 4.74 Å². The Morgan fingerprint density at radius 2 is 2.19 bits per heavy atom. The van der Waals surface area contributed by atoms with E-state index in [1.807, 2.05) is 11.4 Å². The van der Waals surface area contributed by atoms with Crippen molar-refractivity contribution in [1.29, 1.82) is 0 Å². The quantitative estimate of drug-likeness (QED) is 0.819. The lowest BCUT2D eigenvalue weighted by molar-refractivity contribution is 0.0365. The Morgan fingerprint density at radius 3 is 2.95 bits per heavy atom. The molecule has 21 heavy (non-hydrogen) atoms. The van der Waals surface area contributed by atoms with Gasteiger partial charge >= 0.3 is 0 Å². The Labute approximate surface area is 124 Å². The number of anilines is 1. The third kappa shape index (κ3) is 3.14. The third-order valence-electron chi connectivity index (χ3n) is 3.83. The molecule has 0 atom stereocenters. The highest BCUT2D eigenvalue weighted by molar-refractivity contribution is 5.47. The van der Waals surface area contributed by atoms with Crippen LogP contribution in [-0.4, -0.2) is 51.9 Å². The number of fused-ring (bicyclic) bond motifs is 1. The maximum atomic E-state index is 5.85. The van der Waals surface area contributed by atoms with Crippen molar-refractivity contribution in [2.45, 2.75) is 32.3 Å². The van der Waals surface area contributed by atoms with Crippen molar-refractivity contribution in [3.63, 3.8) is 0 Å². The topological polar surface area (TPSA) is 81.6 Å². The highest BCUT2D eigenvalue weighted by atomic mass is 16.5. The molecule has 0 radical (unpaired) electrons. The molecule has 0 bridgehead atoms. The third-order valence-corrected chi connectivity index (χ3v) is 3.83. The van der Waals surface area contributed by atoms with Crippen LogP contribution in [0.1, 0.15) is 25.0 Å². The predicted molar refractivity (Wildman–Crippen MR) is 80.4 cm³/mol. The molecule has 2 N–H and O–H groups in total. The molecule has 2 aromatic rings. The molecule has 0 aliphatic carbocycles. The summed E-state index contributed by atoms with van der Waals surface area (Å²) in [6, 6.07) is 2.07. The van der Waals surface area contributed by atoms with E-state index in [4.69, 9.17) is 10.5 Å². The fourth-order valence-electron chi connectivity index (χ4n) is 2.72. The maximum absolute atomic E-state index is 5.85. The average molecular weight is 290 g/mol. The minimum Gasteiger partial charge on any atom is -0.378 e. The second-order valence-corrected chi connectivity index (χ2v) is 5.43. The lowest BCUT2D eigenvalue weighted by atomic mass is 10.1. The van der Waals surface area contributed by atoms with E-state index < -0.39 is 0 Å². The predicted octanol–water partition coefficient (Wildman–Crippen LogP) is 0.767. The molecule has 7 heteroatoms. The van der Waals surface area contributed by atoms with Gasteiger partial charge in [-0.05, 0) is 32.7 Å². The van der Waals surface area contributed by atoms with Crippen LogP contribution in [0.3, 0.4) is 0 Å². The summed E-state index contributed by atoms with van der Waals surface area (Å²) >= 11 is 0. The summed E-state index contributed by atoms with van der Waals surface area (Å²) in [4.78, 5) is 10.9. The van der Waals surface area contributed by atoms with E-state index in [0.717, 1.165) is 50.5 Å². The van der Waals surface area contributed by atoms with Crippen LogP contribution >= 0.6 is 0 Å². The van der Waals surface area contributed by atoms with Crippen LogP contribution in [0.25, 0.3) is 5.78 Å². The number of nitrogens with two attached hydrogens (primary N) is 1. The highest BCUT2D eigenvalue weighted by Gasteiger charge is 2.22. The first-order valence-corrected chi connectivity index (χ1v) is 7.52. The van der Waals surface area contributed by atoms with Crippen LogP contribution in [0.5, 0.6) is 0 Å². The average Bonchev–Trinajstić information content (AvgIpc) is 2.95. The summed E-state index contributed by atoms with van der Waals surface area (Å²) in [6.07, 6.45) is 4.89. The molecule has 1 saturated heterocycles. The zero-order chi connectivity index (χ0) is 14.7. The molecule has 114 valence electrons. The largest absolute Gasteiger partial charge is 0.378 e. The fraction of sp³-hybridized carbons (Fsp3) is 0.643. The molecule has 0 spiro atoms. The van der Waals surface area contributed by atoms with Crippen molar-refractivity contribution in [3.8, 4) is 0 Å². The summed E-state index contributed by atoms with van der Waals surface area (Å²) in [5, 5.41) is 4.27. The molecule has 0 unspecified atom stereocenters. The zero-order valence-corrected chi connectivity index (χ0v) is 12.4. The number of nitrogens with zero attached hydrogens (tertiary/aromatic N) is 5. The van der Waals surface area contributed by atoms with Crippen molar-refractivity contribution in [3.05, 3.63) is 18.1 Å². The number of piperidine rings is 1. The Morgan fingerprint density at radius 1 is 1.38 bits per heavy atom. The van der Waals surface area contributed by atoms with Crippen molar-refractivity contribution in [2.24, 2.45) is 5.73 Å². The number of hydrogen-bond acceptors (Lipinski definition) is 6. The minimum atomic E-state index is 0.349. The molecule has 7 nitrogen and oxygen atoms in total. The SMILES string of the molecule is Cc1cc(N2CCC(OCCCN)CC2)n2ncnc2n1. The van der Waals surface area contributed by atoms with E-state index in [9.17, 15) is 0 Å². The number of ether oxygens (including phenoxy) is 1. The molecule has 1 fully saturated rings. The van der Waals surface area contributed by atoms with Gasteiger partial charge in [-0.1, -0.05) is 0 Å². The minimum absolute atomic E-state index is 0.349. The standard InChI is InChI=1S/C14H22N6O/c1-11-9-13(20-14(18-11)16-10-17-20)19-6-3-12(4-7-19)21-8-2-5-15/h9-10,12H,2-8,15H2,1H3. The van der Waals surface area contributed by atoms with Gasteiger partial charge < -0.3 is 15.4 Å². The van der Waals surface area contributed by atoms with Gasteiger partial charge in [-0.25, -0.2) is 4.98 Å². The van der Waals surface area contributed by atoms with Crippen molar-refractivity contribution >= 4 is 11.6 Å². The summed E-state index contributed by atoms with van der Waals surface area (Å²) < 4.78 is 7.66. The number of aryl methyl sites for hydroxylation is 1. The molecule has 1 aliphatic rings. The van der Waals surface area contributed by atoms with E-state index >= 15 is 0 Å². The molecule has 3 rings (SSSR count). The van der Waals surface area contributed by atoms with Crippen molar-refractivity contribution in [1.82, 2.24) is 19.6 Å². The van der Waals surface area contributed by atoms with E-state index in [1.165, 1.54) is 0 Å². The molecule has 0 saturated carbocycles. The molecule has 3 heterocycles. The lowest BCUT2D eigenvalue weighted by Gasteiger charge is -2.33. The fourth-order valence-corrected chi connectivity index (χ4v) is 2.72. The molecular formula is C14H22N6O. The van der Waals surface area contributed by atoms with Gasteiger partial charge in [0.2, 0.25) is 0 Å². The van der Waals surface area contributed by atoms with Gasteiger partial charge in [-0.3, -0.25) is 0 Å². The Balaban J connectivity index is 1.67. The second kappa shape index (κ2) is 6.36. The van der Waals surface area contributed by atoms with Crippen LogP contribution in [0.2, 0.25) is 0 Å². The first-order valence-electron chi connectivity index (χ1n) is 7.52. The zero-order valence-electron chi connectivity index (χ0n) is 12.4.